The van der Waals surface area contributed by atoms with E-state index >= 15 is 0 Å². The summed E-state index contributed by atoms with van der Waals surface area (Å²) in [6.07, 6.45) is 0.113. The molecule has 0 radical (unpaired) electrons. The Labute approximate surface area is 118 Å². The molecule has 0 fully saturated rings. The molecule has 0 saturated carbocycles. The highest BCUT2D eigenvalue weighted by Crippen LogP contribution is 2.24. The lowest BCUT2D eigenvalue weighted by molar-refractivity contribution is 0.435. The van der Waals surface area contributed by atoms with Crippen LogP contribution in [-0.4, -0.2) is 0 Å². The molecule has 0 bridgehead atoms. The van der Waals surface area contributed by atoms with Gasteiger partial charge in [-0.15, -0.1) is 0 Å². The Hall–Kier alpha value is -1.59. The predicted octanol–water partition coefficient (Wildman–Crippen LogP) is 4.14. The molecular formula is C14H10ClF4N. The van der Waals surface area contributed by atoms with Gasteiger partial charge in [-0.05, 0) is 30.2 Å². The third kappa shape index (κ3) is 2.94. The van der Waals surface area contributed by atoms with E-state index in [1.165, 1.54) is 12.1 Å². The van der Waals surface area contributed by atoms with Gasteiger partial charge in [0.05, 0.1) is 5.02 Å². The fraction of sp³-hybridized carbons (Fsp3) is 0.143. The summed E-state index contributed by atoms with van der Waals surface area (Å²) in [5, 5.41) is -0.0829. The molecule has 2 N–H and O–H groups in total. The normalized spacial score (nSPS) is 12.5. The van der Waals surface area contributed by atoms with E-state index in [2.05, 4.69) is 0 Å². The van der Waals surface area contributed by atoms with Gasteiger partial charge in [-0.2, -0.15) is 0 Å². The Bertz CT molecular complexity index is 645. The molecule has 0 aliphatic rings. The summed E-state index contributed by atoms with van der Waals surface area (Å²) in [5.41, 5.74) is 6.18. The molecule has 1 nitrogen and oxygen atoms in total. The molecule has 2 aromatic rings. The highest BCUT2D eigenvalue weighted by Gasteiger charge is 2.18. The molecule has 0 saturated heterocycles. The van der Waals surface area contributed by atoms with Gasteiger partial charge in [0.2, 0.25) is 0 Å². The summed E-state index contributed by atoms with van der Waals surface area (Å²) in [4.78, 5) is 0. The Kier molecular flexibility index (Phi) is 4.30. The molecule has 0 amide bonds. The molecule has 1 atom stereocenters. The van der Waals surface area contributed by atoms with E-state index in [4.69, 9.17) is 17.3 Å². The van der Waals surface area contributed by atoms with Crippen molar-refractivity contribution in [2.45, 2.75) is 12.5 Å². The van der Waals surface area contributed by atoms with E-state index in [0.29, 0.717) is 5.56 Å². The van der Waals surface area contributed by atoms with Crippen LogP contribution in [0.15, 0.2) is 30.3 Å². The highest BCUT2D eigenvalue weighted by molar-refractivity contribution is 6.30. The number of hydrogen-bond donors (Lipinski definition) is 1. The van der Waals surface area contributed by atoms with Gasteiger partial charge in [0.15, 0.2) is 17.5 Å². The van der Waals surface area contributed by atoms with E-state index in [1.54, 1.807) is 0 Å². The lowest BCUT2D eigenvalue weighted by Crippen LogP contribution is -2.16. The second-order valence-corrected chi connectivity index (χ2v) is 4.73. The van der Waals surface area contributed by atoms with Crippen molar-refractivity contribution in [1.82, 2.24) is 0 Å². The maximum absolute atomic E-state index is 13.6. The zero-order valence-electron chi connectivity index (χ0n) is 10.1. The van der Waals surface area contributed by atoms with Gasteiger partial charge >= 0.3 is 0 Å². The van der Waals surface area contributed by atoms with Crippen molar-refractivity contribution in [2.75, 3.05) is 0 Å². The van der Waals surface area contributed by atoms with Gasteiger partial charge in [0.25, 0.3) is 0 Å². The first kappa shape index (κ1) is 14.8. The van der Waals surface area contributed by atoms with Gasteiger partial charge in [0.1, 0.15) is 5.82 Å². The van der Waals surface area contributed by atoms with Crippen molar-refractivity contribution in [3.63, 3.8) is 0 Å². The summed E-state index contributed by atoms with van der Waals surface area (Å²) in [7, 11) is 0. The lowest BCUT2D eigenvalue weighted by Gasteiger charge is -2.14. The van der Waals surface area contributed by atoms with Crippen molar-refractivity contribution in [3.8, 4) is 0 Å². The van der Waals surface area contributed by atoms with Crippen LogP contribution in [0.1, 0.15) is 17.2 Å². The first-order chi connectivity index (χ1) is 9.40. The summed E-state index contributed by atoms with van der Waals surface area (Å²) in [5.74, 6) is -4.73. The Morgan fingerprint density at radius 3 is 2.25 bits per heavy atom. The molecule has 106 valence electrons. The molecule has 2 rings (SSSR count). The first-order valence-corrected chi connectivity index (χ1v) is 6.11. The van der Waals surface area contributed by atoms with Crippen LogP contribution in [0.5, 0.6) is 0 Å². The van der Waals surface area contributed by atoms with Gasteiger partial charge in [-0.25, -0.2) is 17.6 Å². The third-order valence-corrected chi connectivity index (χ3v) is 3.19. The number of benzene rings is 2. The minimum Gasteiger partial charge on any atom is -0.324 e. The summed E-state index contributed by atoms with van der Waals surface area (Å²) < 4.78 is 52.5. The third-order valence-electron chi connectivity index (χ3n) is 2.90. The van der Waals surface area contributed by atoms with Crippen LogP contribution >= 0.6 is 11.6 Å². The summed E-state index contributed by atoms with van der Waals surface area (Å²) >= 11 is 5.62. The number of nitrogens with two attached hydrogens (primary N) is 1. The maximum atomic E-state index is 13.6. The van der Waals surface area contributed by atoms with Crippen LogP contribution in [-0.2, 0) is 6.42 Å². The second-order valence-electron chi connectivity index (χ2n) is 4.32. The number of halogens is 5. The van der Waals surface area contributed by atoms with Crippen molar-refractivity contribution >= 4 is 11.6 Å². The van der Waals surface area contributed by atoms with Crippen molar-refractivity contribution < 1.29 is 17.6 Å². The predicted molar refractivity (Wildman–Crippen MR) is 68.4 cm³/mol. The minimum absolute atomic E-state index is 0.0829. The minimum atomic E-state index is -1.56. The van der Waals surface area contributed by atoms with E-state index in [1.807, 2.05) is 0 Å². The van der Waals surface area contributed by atoms with E-state index < -0.39 is 29.3 Å². The molecule has 0 heterocycles. The second kappa shape index (κ2) is 5.81. The van der Waals surface area contributed by atoms with Gasteiger partial charge in [-0.3, -0.25) is 0 Å². The van der Waals surface area contributed by atoms with Crippen molar-refractivity contribution in [2.24, 2.45) is 5.73 Å². The Morgan fingerprint density at radius 2 is 1.60 bits per heavy atom. The van der Waals surface area contributed by atoms with Crippen molar-refractivity contribution in [1.29, 1.82) is 0 Å². The van der Waals surface area contributed by atoms with Gasteiger partial charge < -0.3 is 5.73 Å². The van der Waals surface area contributed by atoms with Gasteiger partial charge in [0, 0.05) is 11.6 Å². The van der Waals surface area contributed by atoms with Gasteiger partial charge in [-0.1, -0.05) is 23.7 Å². The zero-order chi connectivity index (χ0) is 14.9. The molecule has 2 aromatic carbocycles. The van der Waals surface area contributed by atoms with Crippen LogP contribution in [0.25, 0.3) is 0 Å². The van der Waals surface area contributed by atoms with E-state index in [-0.39, 0.29) is 17.0 Å². The van der Waals surface area contributed by atoms with E-state index in [9.17, 15) is 17.6 Å². The molecule has 0 aliphatic heterocycles. The maximum Gasteiger partial charge on any atom is 0.194 e. The number of hydrogen-bond acceptors (Lipinski definition) is 1. The molecule has 20 heavy (non-hydrogen) atoms. The molecule has 6 heteroatoms. The molecule has 0 spiro atoms. The van der Waals surface area contributed by atoms with Crippen LogP contribution in [0.4, 0.5) is 17.6 Å². The largest absolute Gasteiger partial charge is 0.324 e. The number of rotatable bonds is 3. The molecule has 1 unspecified atom stereocenters. The molecular weight excluding hydrogens is 294 g/mol. The SMILES string of the molecule is NC(Cc1ccc(F)c(Cl)c1)c1ccc(F)c(F)c1F. The fourth-order valence-electron chi connectivity index (χ4n) is 1.86. The first-order valence-electron chi connectivity index (χ1n) is 5.73. The Balaban J connectivity index is 2.26. The van der Waals surface area contributed by atoms with Crippen LogP contribution in [0.2, 0.25) is 5.02 Å². The van der Waals surface area contributed by atoms with E-state index in [0.717, 1.165) is 18.2 Å². The standard InChI is InChI=1S/C14H10ClF4N/c15-9-5-7(1-3-10(9)16)6-12(20)8-2-4-11(17)14(19)13(8)18/h1-5,12H,6,20H2. The monoisotopic (exact) mass is 303 g/mol. The highest BCUT2D eigenvalue weighted by atomic mass is 35.5. The Morgan fingerprint density at radius 1 is 0.950 bits per heavy atom. The average Bonchev–Trinajstić information content (AvgIpc) is 2.40. The van der Waals surface area contributed by atoms with Crippen molar-refractivity contribution in [3.05, 3.63) is 69.8 Å². The van der Waals surface area contributed by atoms with Crippen LogP contribution in [0.3, 0.4) is 0 Å². The summed E-state index contributed by atoms with van der Waals surface area (Å²) in [6, 6.07) is 4.96. The smallest absolute Gasteiger partial charge is 0.194 e. The van der Waals surface area contributed by atoms with Crippen LogP contribution in [0, 0.1) is 23.3 Å². The van der Waals surface area contributed by atoms with Crippen LogP contribution < -0.4 is 5.73 Å². The average molecular weight is 304 g/mol. The summed E-state index contributed by atoms with van der Waals surface area (Å²) in [6.45, 7) is 0. The molecule has 0 aliphatic carbocycles. The quantitative estimate of drug-likeness (QED) is 0.669. The zero-order valence-corrected chi connectivity index (χ0v) is 10.9. The topological polar surface area (TPSA) is 26.0 Å². The fourth-order valence-corrected chi connectivity index (χ4v) is 2.06. The molecule has 0 aromatic heterocycles. The lowest BCUT2D eigenvalue weighted by atomic mass is 9.99.